The van der Waals surface area contributed by atoms with E-state index in [-0.39, 0.29) is 16.3 Å². The second-order valence-corrected chi connectivity index (χ2v) is 6.00. The van der Waals surface area contributed by atoms with Gasteiger partial charge in [0, 0.05) is 6.54 Å². The summed E-state index contributed by atoms with van der Waals surface area (Å²) in [6, 6.07) is 5.99. The highest BCUT2D eigenvalue weighted by atomic mass is 32.2. The van der Waals surface area contributed by atoms with Gasteiger partial charge in [-0.05, 0) is 24.3 Å². The van der Waals surface area contributed by atoms with Crippen LogP contribution in [-0.4, -0.2) is 30.7 Å². The Kier molecular flexibility index (Phi) is 3.96. The van der Waals surface area contributed by atoms with E-state index in [2.05, 4.69) is 9.82 Å². The van der Waals surface area contributed by atoms with E-state index in [0.29, 0.717) is 12.2 Å². The van der Waals surface area contributed by atoms with Gasteiger partial charge >= 0.3 is 0 Å². The number of nitrogen functional groups attached to an aromatic ring is 1. The number of anilines is 1. The van der Waals surface area contributed by atoms with Crippen LogP contribution in [0.5, 0.6) is 0 Å². The van der Waals surface area contributed by atoms with Crippen molar-refractivity contribution in [1.29, 1.82) is 0 Å². The molecular formula is C12H15N5O3S. The molecular weight excluding hydrogens is 294 g/mol. The van der Waals surface area contributed by atoms with Crippen molar-refractivity contribution in [2.45, 2.75) is 11.8 Å². The zero-order valence-electron chi connectivity index (χ0n) is 11.3. The van der Waals surface area contributed by atoms with Gasteiger partial charge in [0.15, 0.2) is 5.69 Å². The molecule has 1 heterocycles. The zero-order valence-corrected chi connectivity index (χ0v) is 12.1. The number of nitrogens with one attached hydrogen (secondary N) is 1. The molecule has 5 N–H and O–H groups in total. The molecule has 0 aliphatic rings. The molecule has 0 fully saturated rings. The molecule has 0 saturated carbocycles. The van der Waals surface area contributed by atoms with Crippen LogP contribution < -0.4 is 16.2 Å². The minimum atomic E-state index is -3.50. The van der Waals surface area contributed by atoms with E-state index in [0.717, 1.165) is 0 Å². The summed E-state index contributed by atoms with van der Waals surface area (Å²) in [6.45, 7) is 2.01. The fourth-order valence-corrected chi connectivity index (χ4v) is 2.80. The number of aromatic nitrogens is 2. The van der Waals surface area contributed by atoms with Gasteiger partial charge < -0.3 is 11.5 Å². The Hall–Kier alpha value is -2.39. The second kappa shape index (κ2) is 5.54. The van der Waals surface area contributed by atoms with Crippen molar-refractivity contribution in [2.24, 2.45) is 5.73 Å². The van der Waals surface area contributed by atoms with Crippen LogP contribution >= 0.6 is 0 Å². The molecule has 0 radical (unpaired) electrons. The van der Waals surface area contributed by atoms with Crippen LogP contribution in [0.15, 0.2) is 35.4 Å². The molecule has 0 aliphatic carbocycles. The molecule has 0 aliphatic heterocycles. The highest BCUT2D eigenvalue weighted by molar-refractivity contribution is 7.89. The van der Waals surface area contributed by atoms with Crippen molar-refractivity contribution in [2.75, 3.05) is 12.3 Å². The van der Waals surface area contributed by atoms with E-state index >= 15 is 0 Å². The topological polar surface area (TPSA) is 133 Å². The Labute approximate surface area is 121 Å². The van der Waals surface area contributed by atoms with Crippen LogP contribution in [-0.2, 0) is 10.0 Å². The summed E-state index contributed by atoms with van der Waals surface area (Å²) >= 11 is 0. The van der Waals surface area contributed by atoms with Crippen molar-refractivity contribution in [3.8, 4) is 5.69 Å². The largest absolute Gasteiger partial charge is 0.396 e. The molecule has 1 aromatic heterocycles. The minimum absolute atomic E-state index is 0.0284. The lowest BCUT2D eigenvalue weighted by molar-refractivity contribution is 0.0996. The molecule has 0 saturated heterocycles. The third-order valence-electron chi connectivity index (χ3n) is 2.72. The average molecular weight is 309 g/mol. The van der Waals surface area contributed by atoms with E-state index in [9.17, 15) is 13.2 Å². The SMILES string of the molecule is CCNS(=O)(=O)c1ccc(-n2cc(N)c(C(N)=O)n2)cc1. The maximum atomic E-state index is 11.8. The molecule has 21 heavy (non-hydrogen) atoms. The molecule has 8 nitrogen and oxygen atoms in total. The van der Waals surface area contributed by atoms with Gasteiger partial charge in [0.1, 0.15) is 0 Å². The molecule has 1 amide bonds. The van der Waals surface area contributed by atoms with Gasteiger partial charge in [-0.2, -0.15) is 5.10 Å². The van der Waals surface area contributed by atoms with Crippen molar-refractivity contribution in [3.05, 3.63) is 36.2 Å². The summed E-state index contributed by atoms with van der Waals surface area (Å²) in [5.74, 6) is -0.724. The molecule has 1 aromatic carbocycles. The van der Waals surface area contributed by atoms with Crippen molar-refractivity contribution < 1.29 is 13.2 Å². The van der Waals surface area contributed by atoms with Crippen LogP contribution in [0.4, 0.5) is 5.69 Å². The lowest BCUT2D eigenvalue weighted by Gasteiger charge is -2.06. The number of hydrogen-bond donors (Lipinski definition) is 3. The molecule has 0 spiro atoms. The Morgan fingerprint density at radius 1 is 1.33 bits per heavy atom. The van der Waals surface area contributed by atoms with Crippen molar-refractivity contribution in [1.82, 2.24) is 14.5 Å². The summed E-state index contributed by atoms with van der Waals surface area (Å²) in [5, 5.41) is 3.96. The van der Waals surface area contributed by atoms with Crippen LogP contribution in [0.25, 0.3) is 5.69 Å². The summed E-state index contributed by atoms with van der Waals surface area (Å²) < 4.78 is 27.4. The van der Waals surface area contributed by atoms with Crippen LogP contribution in [0.3, 0.4) is 0 Å². The lowest BCUT2D eigenvalue weighted by Crippen LogP contribution is -2.23. The maximum absolute atomic E-state index is 11.8. The molecule has 0 atom stereocenters. The lowest BCUT2D eigenvalue weighted by atomic mass is 10.3. The van der Waals surface area contributed by atoms with E-state index in [1.54, 1.807) is 19.1 Å². The van der Waals surface area contributed by atoms with E-state index in [1.807, 2.05) is 0 Å². The first kappa shape index (κ1) is 15.0. The molecule has 9 heteroatoms. The quantitative estimate of drug-likeness (QED) is 0.706. The van der Waals surface area contributed by atoms with Gasteiger partial charge in [-0.1, -0.05) is 6.92 Å². The predicted octanol–water partition coefficient (Wildman–Crippen LogP) is -0.148. The highest BCUT2D eigenvalue weighted by Gasteiger charge is 2.14. The molecule has 0 unspecified atom stereocenters. The standard InChI is InChI=1S/C12H15N5O3S/c1-2-15-21(19,20)9-5-3-8(4-6-9)17-7-10(13)11(16-17)12(14)18/h3-7,15H,2,13H2,1H3,(H2,14,18). The first-order valence-corrected chi connectivity index (χ1v) is 7.58. The molecule has 112 valence electrons. The van der Waals surface area contributed by atoms with E-state index in [1.165, 1.54) is 23.0 Å². The van der Waals surface area contributed by atoms with Gasteiger partial charge in [0.2, 0.25) is 10.0 Å². The van der Waals surface area contributed by atoms with Gasteiger partial charge in [-0.3, -0.25) is 4.79 Å². The average Bonchev–Trinajstić information content (AvgIpc) is 2.81. The molecule has 2 rings (SSSR count). The van der Waals surface area contributed by atoms with Crippen molar-refractivity contribution in [3.63, 3.8) is 0 Å². The zero-order chi connectivity index (χ0) is 15.6. The number of primary amides is 1. The van der Waals surface area contributed by atoms with Gasteiger partial charge in [-0.25, -0.2) is 17.8 Å². The maximum Gasteiger partial charge on any atom is 0.271 e. The van der Waals surface area contributed by atoms with Gasteiger partial charge in [-0.15, -0.1) is 0 Å². The smallest absolute Gasteiger partial charge is 0.271 e. The predicted molar refractivity (Wildman–Crippen MR) is 77.4 cm³/mol. The Morgan fingerprint density at radius 3 is 2.43 bits per heavy atom. The number of rotatable bonds is 5. The molecule has 2 aromatic rings. The normalized spacial score (nSPS) is 11.5. The number of sulfonamides is 1. The van der Waals surface area contributed by atoms with Gasteiger partial charge in [0.25, 0.3) is 5.91 Å². The van der Waals surface area contributed by atoms with Crippen LogP contribution in [0.1, 0.15) is 17.4 Å². The summed E-state index contributed by atoms with van der Waals surface area (Å²) in [7, 11) is -3.50. The second-order valence-electron chi connectivity index (χ2n) is 4.24. The number of carbonyl (C=O) groups is 1. The number of hydrogen-bond acceptors (Lipinski definition) is 5. The Balaban J connectivity index is 2.36. The fraction of sp³-hybridized carbons (Fsp3) is 0.167. The Morgan fingerprint density at radius 2 is 1.95 bits per heavy atom. The number of carbonyl (C=O) groups excluding carboxylic acids is 1. The summed E-state index contributed by atoms with van der Waals surface area (Å²) in [5.41, 5.74) is 11.5. The van der Waals surface area contributed by atoms with Crippen LogP contribution in [0, 0.1) is 0 Å². The monoisotopic (exact) mass is 309 g/mol. The number of amides is 1. The highest BCUT2D eigenvalue weighted by Crippen LogP contribution is 2.16. The molecule has 0 bridgehead atoms. The number of nitrogens with zero attached hydrogens (tertiary/aromatic N) is 2. The first-order valence-electron chi connectivity index (χ1n) is 6.10. The third-order valence-corrected chi connectivity index (χ3v) is 4.28. The van der Waals surface area contributed by atoms with Crippen molar-refractivity contribution >= 4 is 21.6 Å². The minimum Gasteiger partial charge on any atom is -0.396 e. The third kappa shape index (κ3) is 3.03. The fourth-order valence-electron chi connectivity index (χ4n) is 1.76. The Bertz CT molecular complexity index is 765. The number of nitrogens with two attached hydrogens (primary N) is 2. The van der Waals surface area contributed by atoms with Crippen LogP contribution in [0.2, 0.25) is 0 Å². The summed E-state index contributed by atoms with van der Waals surface area (Å²) in [4.78, 5) is 11.2. The van der Waals surface area contributed by atoms with Gasteiger partial charge in [0.05, 0.1) is 22.5 Å². The first-order chi connectivity index (χ1) is 9.85. The van der Waals surface area contributed by atoms with E-state index in [4.69, 9.17) is 11.5 Å². The number of benzene rings is 1. The summed E-state index contributed by atoms with van der Waals surface area (Å²) in [6.07, 6.45) is 1.44. The van der Waals surface area contributed by atoms with E-state index < -0.39 is 15.9 Å².